The molecular formula is C16H25NO. The molecule has 0 aliphatic carbocycles. The van der Waals surface area contributed by atoms with Crippen LogP contribution in [0, 0.1) is 5.41 Å². The van der Waals surface area contributed by atoms with Gasteiger partial charge in [-0.1, -0.05) is 37.3 Å². The van der Waals surface area contributed by atoms with E-state index in [9.17, 15) is 0 Å². The summed E-state index contributed by atoms with van der Waals surface area (Å²) in [5.41, 5.74) is 1.83. The van der Waals surface area contributed by atoms with E-state index in [1.807, 2.05) is 0 Å². The van der Waals surface area contributed by atoms with Crippen LogP contribution in [-0.2, 0) is 11.2 Å². The molecule has 1 aromatic carbocycles. The molecule has 0 amide bonds. The SMILES string of the molecule is CC(Cc1ccccc1)NCC1(C)CCOCC1. The van der Waals surface area contributed by atoms with Gasteiger partial charge in [0.1, 0.15) is 0 Å². The highest BCUT2D eigenvalue weighted by Gasteiger charge is 2.27. The summed E-state index contributed by atoms with van der Waals surface area (Å²) in [7, 11) is 0. The van der Waals surface area contributed by atoms with Crippen molar-refractivity contribution in [3.63, 3.8) is 0 Å². The van der Waals surface area contributed by atoms with Crippen LogP contribution < -0.4 is 5.32 Å². The molecule has 2 rings (SSSR count). The maximum absolute atomic E-state index is 5.44. The van der Waals surface area contributed by atoms with Crippen molar-refractivity contribution in [1.82, 2.24) is 5.32 Å². The minimum Gasteiger partial charge on any atom is -0.381 e. The molecule has 1 atom stereocenters. The zero-order valence-electron chi connectivity index (χ0n) is 11.6. The molecule has 1 aliphatic rings. The fraction of sp³-hybridized carbons (Fsp3) is 0.625. The Morgan fingerprint density at radius 3 is 2.56 bits per heavy atom. The van der Waals surface area contributed by atoms with Crippen LogP contribution in [0.5, 0.6) is 0 Å². The first-order valence-electron chi connectivity index (χ1n) is 7.03. The molecule has 0 aromatic heterocycles. The van der Waals surface area contributed by atoms with Crippen LogP contribution in [0.15, 0.2) is 30.3 Å². The molecule has 1 aromatic rings. The number of hydrogen-bond donors (Lipinski definition) is 1. The van der Waals surface area contributed by atoms with Gasteiger partial charge in [0, 0.05) is 25.8 Å². The van der Waals surface area contributed by atoms with E-state index in [-0.39, 0.29) is 0 Å². The van der Waals surface area contributed by atoms with Crippen molar-refractivity contribution in [1.29, 1.82) is 0 Å². The fourth-order valence-electron chi connectivity index (χ4n) is 2.50. The summed E-state index contributed by atoms with van der Waals surface area (Å²) in [5, 5.41) is 3.69. The molecule has 1 N–H and O–H groups in total. The Morgan fingerprint density at radius 2 is 1.89 bits per heavy atom. The average molecular weight is 247 g/mol. The highest BCUT2D eigenvalue weighted by molar-refractivity contribution is 5.15. The van der Waals surface area contributed by atoms with Crippen LogP contribution in [0.3, 0.4) is 0 Å². The topological polar surface area (TPSA) is 21.3 Å². The molecule has 0 bridgehead atoms. The number of hydrogen-bond acceptors (Lipinski definition) is 2. The maximum Gasteiger partial charge on any atom is 0.0471 e. The quantitative estimate of drug-likeness (QED) is 0.863. The van der Waals surface area contributed by atoms with E-state index in [0.717, 1.165) is 26.2 Å². The third kappa shape index (κ3) is 4.11. The minimum atomic E-state index is 0.420. The average Bonchev–Trinajstić information content (AvgIpc) is 2.39. The fourth-order valence-corrected chi connectivity index (χ4v) is 2.50. The first kappa shape index (κ1) is 13.6. The van der Waals surface area contributed by atoms with Gasteiger partial charge in [-0.25, -0.2) is 0 Å². The number of nitrogens with one attached hydrogen (secondary N) is 1. The van der Waals surface area contributed by atoms with Gasteiger partial charge in [0.2, 0.25) is 0 Å². The lowest BCUT2D eigenvalue weighted by Crippen LogP contribution is -2.41. The van der Waals surface area contributed by atoms with Crippen molar-refractivity contribution in [3.8, 4) is 0 Å². The van der Waals surface area contributed by atoms with Gasteiger partial charge in [0.15, 0.2) is 0 Å². The Kier molecular flexibility index (Phi) is 4.79. The second-order valence-electron chi connectivity index (χ2n) is 5.89. The molecule has 100 valence electrons. The van der Waals surface area contributed by atoms with Crippen molar-refractivity contribution < 1.29 is 4.74 Å². The van der Waals surface area contributed by atoms with Crippen molar-refractivity contribution >= 4 is 0 Å². The Balaban J connectivity index is 1.76. The Hall–Kier alpha value is -0.860. The highest BCUT2D eigenvalue weighted by Crippen LogP contribution is 2.28. The second-order valence-corrected chi connectivity index (χ2v) is 5.89. The largest absolute Gasteiger partial charge is 0.381 e. The van der Waals surface area contributed by atoms with E-state index in [2.05, 4.69) is 49.5 Å². The van der Waals surface area contributed by atoms with E-state index in [1.165, 1.54) is 18.4 Å². The van der Waals surface area contributed by atoms with Crippen molar-refractivity contribution in [3.05, 3.63) is 35.9 Å². The third-order valence-electron chi connectivity index (χ3n) is 3.96. The van der Waals surface area contributed by atoms with Crippen LogP contribution in [-0.4, -0.2) is 25.8 Å². The smallest absolute Gasteiger partial charge is 0.0471 e. The van der Waals surface area contributed by atoms with Crippen LogP contribution >= 0.6 is 0 Å². The molecule has 2 nitrogen and oxygen atoms in total. The third-order valence-corrected chi connectivity index (χ3v) is 3.96. The number of ether oxygens (including phenoxy) is 1. The lowest BCUT2D eigenvalue weighted by molar-refractivity contribution is 0.0231. The molecule has 18 heavy (non-hydrogen) atoms. The zero-order chi connectivity index (χ0) is 12.8. The van der Waals surface area contributed by atoms with E-state index < -0.39 is 0 Å². The van der Waals surface area contributed by atoms with Gasteiger partial charge in [-0.2, -0.15) is 0 Å². The first-order valence-corrected chi connectivity index (χ1v) is 7.03. The van der Waals surface area contributed by atoms with Crippen LogP contribution in [0.2, 0.25) is 0 Å². The predicted octanol–water partition coefficient (Wildman–Crippen LogP) is 3.02. The maximum atomic E-state index is 5.44. The summed E-state index contributed by atoms with van der Waals surface area (Å²) in [6, 6.07) is 11.2. The molecule has 1 saturated heterocycles. The van der Waals surface area contributed by atoms with Gasteiger partial charge < -0.3 is 10.1 Å². The van der Waals surface area contributed by atoms with E-state index >= 15 is 0 Å². The standard InChI is InChI=1S/C16H25NO/c1-14(12-15-6-4-3-5-7-15)17-13-16(2)8-10-18-11-9-16/h3-7,14,17H,8-13H2,1-2H3. The monoisotopic (exact) mass is 247 g/mol. The van der Waals surface area contributed by atoms with Gasteiger partial charge in [-0.3, -0.25) is 0 Å². The van der Waals surface area contributed by atoms with Crippen molar-refractivity contribution in [2.45, 2.75) is 39.2 Å². The lowest BCUT2D eigenvalue weighted by atomic mass is 9.82. The Labute approximate surface area is 111 Å². The molecule has 1 heterocycles. The Morgan fingerprint density at radius 1 is 1.22 bits per heavy atom. The second kappa shape index (κ2) is 6.35. The summed E-state index contributed by atoms with van der Waals surface area (Å²) < 4.78 is 5.44. The highest BCUT2D eigenvalue weighted by atomic mass is 16.5. The van der Waals surface area contributed by atoms with E-state index in [0.29, 0.717) is 11.5 Å². The van der Waals surface area contributed by atoms with E-state index in [4.69, 9.17) is 4.74 Å². The van der Waals surface area contributed by atoms with Gasteiger partial charge >= 0.3 is 0 Å². The lowest BCUT2D eigenvalue weighted by Gasteiger charge is -2.34. The predicted molar refractivity (Wildman–Crippen MR) is 75.8 cm³/mol. The van der Waals surface area contributed by atoms with Gasteiger partial charge in [0.25, 0.3) is 0 Å². The number of benzene rings is 1. The molecule has 1 aliphatic heterocycles. The Bertz CT molecular complexity index is 343. The first-order chi connectivity index (χ1) is 8.68. The van der Waals surface area contributed by atoms with E-state index in [1.54, 1.807) is 0 Å². The molecule has 1 fully saturated rings. The van der Waals surface area contributed by atoms with Crippen molar-refractivity contribution in [2.24, 2.45) is 5.41 Å². The summed E-state index contributed by atoms with van der Waals surface area (Å²) >= 11 is 0. The molecule has 0 radical (unpaired) electrons. The number of rotatable bonds is 5. The van der Waals surface area contributed by atoms with Gasteiger partial charge in [-0.05, 0) is 37.2 Å². The van der Waals surface area contributed by atoms with Gasteiger partial charge in [-0.15, -0.1) is 0 Å². The summed E-state index contributed by atoms with van der Waals surface area (Å²) in [6.45, 7) is 7.59. The zero-order valence-corrected chi connectivity index (χ0v) is 11.6. The molecule has 1 unspecified atom stereocenters. The molecular weight excluding hydrogens is 222 g/mol. The normalized spacial score (nSPS) is 20.6. The summed E-state index contributed by atoms with van der Waals surface area (Å²) in [4.78, 5) is 0. The van der Waals surface area contributed by atoms with Gasteiger partial charge in [0.05, 0.1) is 0 Å². The minimum absolute atomic E-state index is 0.420. The molecule has 0 saturated carbocycles. The van der Waals surface area contributed by atoms with Crippen LogP contribution in [0.25, 0.3) is 0 Å². The summed E-state index contributed by atoms with van der Waals surface area (Å²) in [6.07, 6.45) is 3.46. The van der Waals surface area contributed by atoms with Crippen molar-refractivity contribution in [2.75, 3.05) is 19.8 Å². The van der Waals surface area contributed by atoms with Crippen LogP contribution in [0.1, 0.15) is 32.3 Å². The summed E-state index contributed by atoms with van der Waals surface area (Å²) in [5.74, 6) is 0. The molecule has 0 spiro atoms. The molecule has 2 heteroatoms. The van der Waals surface area contributed by atoms with Crippen LogP contribution in [0.4, 0.5) is 0 Å².